The lowest BCUT2D eigenvalue weighted by Crippen LogP contribution is -2.46. The maximum atomic E-state index is 11.9. The Balaban J connectivity index is 2.77. The zero-order valence-corrected chi connectivity index (χ0v) is 9.78. The monoisotopic (exact) mass is 223 g/mol. The number of aromatic nitrogens is 1. The summed E-state index contributed by atoms with van der Waals surface area (Å²) in [5.41, 5.74) is 6.03. The van der Waals surface area contributed by atoms with Crippen LogP contribution >= 0.6 is 0 Å². The van der Waals surface area contributed by atoms with Gasteiger partial charge in [-0.2, -0.15) is 0 Å². The lowest BCUT2D eigenvalue weighted by molar-refractivity contribution is 0.0821. The van der Waals surface area contributed by atoms with Crippen molar-refractivity contribution in [2.24, 2.45) is 0 Å². The summed E-state index contributed by atoms with van der Waals surface area (Å²) in [4.78, 5) is 15.7. The van der Waals surface area contributed by atoms with Gasteiger partial charge in [0.1, 0.15) is 0 Å². The van der Waals surface area contributed by atoms with E-state index in [0.717, 1.165) is 0 Å². The second kappa shape index (κ2) is 4.94. The third-order valence-electron chi connectivity index (χ3n) is 2.05. The van der Waals surface area contributed by atoms with Crippen molar-refractivity contribution in [1.82, 2.24) is 10.3 Å². The zero-order valence-electron chi connectivity index (χ0n) is 9.78. The summed E-state index contributed by atoms with van der Waals surface area (Å²) in [6.07, 6.45) is 2.99. The van der Waals surface area contributed by atoms with Crippen molar-refractivity contribution < 1.29 is 9.53 Å². The Kier molecular flexibility index (Phi) is 3.84. The fourth-order valence-electron chi connectivity index (χ4n) is 1.39. The van der Waals surface area contributed by atoms with Gasteiger partial charge in [-0.1, -0.05) is 0 Å². The fraction of sp³-hybridized carbons (Fsp3) is 0.455. The number of hydrogen-bond donors (Lipinski definition) is 2. The van der Waals surface area contributed by atoms with Crippen LogP contribution in [0.1, 0.15) is 24.2 Å². The molecule has 0 atom stereocenters. The van der Waals surface area contributed by atoms with Crippen LogP contribution in [0.5, 0.6) is 0 Å². The molecule has 0 saturated heterocycles. The molecule has 16 heavy (non-hydrogen) atoms. The number of carbonyl (C=O) groups excluding carboxylic acids is 1. The number of anilines is 1. The van der Waals surface area contributed by atoms with Gasteiger partial charge in [-0.15, -0.1) is 0 Å². The summed E-state index contributed by atoms with van der Waals surface area (Å²) in [5, 5.41) is 2.84. The van der Waals surface area contributed by atoms with Gasteiger partial charge in [0.2, 0.25) is 0 Å². The molecule has 0 radical (unpaired) electrons. The first-order chi connectivity index (χ1) is 7.46. The van der Waals surface area contributed by atoms with Crippen molar-refractivity contribution in [1.29, 1.82) is 0 Å². The molecular weight excluding hydrogens is 206 g/mol. The smallest absolute Gasteiger partial charge is 0.253 e. The SMILES string of the molecule is COCC(C)(C)NC(=O)c1ccncc1N. The minimum absolute atomic E-state index is 0.220. The average Bonchev–Trinajstić information content (AvgIpc) is 2.17. The number of carbonyl (C=O) groups is 1. The predicted octanol–water partition coefficient (Wildman–Crippen LogP) is 0.819. The van der Waals surface area contributed by atoms with Crippen LogP contribution in [-0.2, 0) is 4.74 Å². The fourth-order valence-corrected chi connectivity index (χ4v) is 1.39. The van der Waals surface area contributed by atoms with E-state index in [2.05, 4.69) is 10.3 Å². The second-order valence-electron chi connectivity index (χ2n) is 4.23. The largest absolute Gasteiger partial charge is 0.397 e. The van der Waals surface area contributed by atoms with Gasteiger partial charge in [0.25, 0.3) is 5.91 Å². The number of nitrogen functional groups attached to an aromatic ring is 1. The Morgan fingerprint density at radius 1 is 1.62 bits per heavy atom. The average molecular weight is 223 g/mol. The van der Waals surface area contributed by atoms with Crippen molar-refractivity contribution >= 4 is 11.6 Å². The van der Waals surface area contributed by atoms with Gasteiger partial charge in [0.15, 0.2) is 0 Å². The molecule has 0 fully saturated rings. The molecule has 3 N–H and O–H groups in total. The van der Waals surface area contributed by atoms with Gasteiger partial charge in [-0.3, -0.25) is 9.78 Å². The van der Waals surface area contributed by atoms with E-state index in [1.54, 1.807) is 13.2 Å². The summed E-state index contributed by atoms with van der Waals surface area (Å²) >= 11 is 0. The maximum absolute atomic E-state index is 11.9. The van der Waals surface area contributed by atoms with Crippen molar-refractivity contribution in [3.63, 3.8) is 0 Å². The Bertz CT molecular complexity index is 377. The van der Waals surface area contributed by atoms with E-state index in [-0.39, 0.29) is 5.91 Å². The highest BCUT2D eigenvalue weighted by molar-refractivity contribution is 5.99. The van der Waals surface area contributed by atoms with E-state index in [9.17, 15) is 4.79 Å². The molecule has 0 bridgehead atoms. The van der Waals surface area contributed by atoms with Crippen LogP contribution in [-0.4, -0.2) is 30.1 Å². The molecule has 0 aliphatic carbocycles. The Morgan fingerprint density at radius 3 is 2.88 bits per heavy atom. The van der Waals surface area contributed by atoms with Gasteiger partial charge in [-0.05, 0) is 19.9 Å². The first-order valence-corrected chi connectivity index (χ1v) is 4.97. The van der Waals surface area contributed by atoms with Crippen molar-refractivity contribution in [3.05, 3.63) is 24.0 Å². The van der Waals surface area contributed by atoms with Crippen molar-refractivity contribution in [2.45, 2.75) is 19.4 Å². The molecule has 0 aliphatic heterocycles. The number of ether oxygens (including phenoxy) is 1. The van der Waals surface area contributed by atoms with E-state index < -0.39 is 5.54 Å². The number of nitrogens with two attached hydrogens (primary N) is 1. The van der Waals surface area contributed by atoms with Crippen molar-refractivity contribution in [3.8, 4) is 0 Å². The highest BCUT2D eigenvalue weighted by atomic mass is 16.5. The number of rotatable bonds is 4. The van der Waals surface area contributed by atoms with Gasteiger partial charge < -0.3 is 15.8 Å². The van der Waals surface area contributed by atoms with Crippen LogP contribution in [0.2, 0.25) is 0 Å². The lowest BCUT2D eigenvalue weighted by atomic mass is 10.1. The molecule has 1 rings (SSSR count). The molecule has 1 aromatic heterocycles. The Hall–Kier alpha value is -1.62. The minimum Gasteiger partial charge on any atom is -0.397 e. The van der Waals surface area contributed by atoms with Crippen LogP contribution in [0.25, 0.3) is 0 Å². The molecule has 5 heteroatoms. The molecule has 0 aromatic carbocycles. The highest BCUT2D eigenvalue weighted by Crippen LogP contribution is 2.11. The van der Waals surface area contributed by atoms with Crippen LogP contribution < -0.4 is 11.1 Å². The molecule has 0 saturated carbocycles. The topological polar surface area (TPSA) is 77.2 Å². The van der Waals surface area contributed by atoms with Gasteiger partial charge >= 0.3 is 0 Å². The maximum Gasteiger partial charge on any atom is 0.253 e. The number of hydrogen-bond acceptors (Lipinski definition) is 4. The third kappa shape index (κ3) is 3.20. The Morgan fingerprint density at radius 2 is 2.31 bits per heavy atom. The summed E-state index contributed by atoms with van der Waals surface area (Å²) < 4.78 is 5.02. The molecule has 5 nitrogen and oxygen atoms in total. The number of nitrogens with zero attached hydrogens (tertiary/aromatic N) is 1. The third-order valence-corrected chi connectivity index (χ3v) is 2.05. The zero-order chi connectivity index (χ0) is 12.2. The van der Waals surface area contributed by atoms with E-state index in [1.807, 2.05) is 13.8 Å². The van der Waals surface area contributed by atoms with Gasteiger partial charge in [0, 0.05) is 13.3 Å². The molecule has 1 heterocycles. The number of methoxy groups -OCH3 is 1. The van der Waals surface area contributed by atoms with Crippen molar-refractivity contribution in [2.75, 3.05) is 19.5 Å². The summed E-state index contributed by atoms with van der Waals surface area (Å²) in [6.45, 7) is 4.20. The lowest BCUT2D eigenvalue weighted by Gasteiger charge is -2.25. The molecule has 1 amide bonds. The number of pyridine rings is 1. The van der Waals surface area contributed by atoms with E-state index >= 15 is 0 Å². The summed E-state index contributed by atoms with van der Waals surface area (Å²) in [7, 11) is 1.59. The van der Waals surface area contributed by atoms with E-state index in [1.165, 1.54) is 12.4 Å². The highest BCUT2D eigenvalue weighted by Gasteiger charge is 2.21. The first-order valence-electron chi connectivity index (χ1n) is 4.97. The normalized spacial score (nSPS) is 11.2. The second-order valence-corrected chi connectivity index (χ2v) is 4.23. The molecule has 88 valence electrons. The first kappa shape index (κ1) is 12.4. The van der Waals surface area contributed by atoms with E-state index in [0.29, 0.717) is 17.9 Å². The Labute approximate surface area is 95.0 Å². The van der Waals surface area contributed by atoms with Gasteiger partial charge in [0.05, 0.1) is 29.6 Å². The van der Waals surface area contributed by atoms with Gasteiger partial charge in [-0.25, -0.2) is 0 Å². The number of nitrogens with one attached hydrogen (secondary N) is 1. The summed E-state index contributed by atoms with van der Waals surface area (Å²) in [6, 6.07) is 1.59. The quantitative estimate of drug-likeness (QED) is 0.792. The molecule has 0 aliphatic rings. The molecule has 0 spiro atoms. The molecular formula is C11H17N3O2. The van der Waals surface area contributed by atoms with E-state index in [4.69, 9.17) is 10.5 Å². The van der Waals surface area contributed by atoms with Crippen LogP contribution in [0.15, 0.2) is 18.5 Å². The van der Waals surface area contributed by atoms with Crippen LogP contribution in [0.3, 0.4) is 0 Å². The standard InChI is InChI=1S/C11H17N3O2/c1-11(2,7-16-3)14-10(15)8-4-5-13-6-9(8)12/h4-6H,7,12H2,1-3H3,(H,14,15). The summed E-state index contributed by atoms with van der Waals surface area (Å²) in [5.74, 6) is -0.220. The van der Waals surface area contributed by atoms with Crippen LogP contribution in [0, 0.1) is 0 Å². The molecule has 0 unspecified atom stereocenters. The number of amides is 1. The van der Waals surface area contributed by atoms with Crippen LogP contribution in [0.4, 0.5) is 5.69 Å². The predicted molar refractivity (Wildman–Crippen MR) is 62.1 cm³/mol. The molecule has 1 aromatic rings. The minimum atomic E-state index is -0.429.